The first-order valence-corrected chi connectivity index (χ1v) is 5.97. The summed E-state index contributed by atoms with van der Waals surface area (Å²) in [5.74, 6) is -3.34. The fourth-order valence-electron chi connectivity index (χ4n) is 1.44. The lowest BCUT2D eigenvalue weighted by atomic mass is 10.1. The van der Waals surface area contributed by atoms with E-state index in [0.29, 0.717) is 5.56 Å². The second kappa shape index (κ2) is 7.83. The second-order valence-electron chi connectivity index (χ2n) is 4.14. The van der Waals surface area contributed by atoms with Crippen LogP contribution in [0.25, 0.3) is 0 Å². The fourth-order valence-corrected chi connectivity index (χ4v) is 1.44. The second-order valence-corrected chi connectivity index (χ2v) is 4.14. The summed E-state index contributed by atoms with van der Waals surface area (Å²) in [7, 11) is 0. The molecule has 0 radical (unpaired) electrons. The third-order valence-electron chi connectivity index (χ3n) is 2.51. The lowest BCUT2D eigenvalue weighted by Gasteiger charge is -2.15. The van der Waals surface area contributed by atoms with Gasteiger partial charge in [0.1, 0.15) is 12.6 Å². The Morgan fingerprint density at radius 1 is 1.14 bits per heavy atom. The number of nitrogens with one attached hydrogen (secondary N) is 1. The van der Waals surface area contributed by atoms with Crippen LogP contribution in [0.15, 0.2) is 30.3 Å². The number of halogens is 1. The highest BCUT2D eigenvalue weighted by atomic mass is 19.1. The number of carbonyl (C=O) groups excluding carboxylic acids is 1. The molecule has 21 heavy (non-hydrogen) atoms. The van der Waals surface area contributed by atoms with Gasteiger partial charge in [-0.15, -0.1) is 0 Å². The van der Waals surface area contributed by atoms with E-state index in [2.05, 4.69) is 0 Å². The van der Waals surface area contributed by atoms with Gasteiger partial charge in [0.15, 0.2) is 6.17 Å². The van der Waals surface area contributed by atoms with Crippen LogP contribution in [-0.2, 0) is 20.9 Å². The first-order valence-electron chi connectivity index (χ1n) is 5.97. The number of hydrogen-bond acceptors (Lipinski definition) is 4. The summed E-state index contributed by atoms with van der Waals surface area (Å²) in [6, 6.07) is 6.96. The Bertz CT molecular complexity index is 507. The number of carbonyl (C=O) groups is 3. The zero-order valence-corrected chi connectivity index (χ0v) is 10.9. The van der Waals surface area contributed by atoms with Gasteiger partial charge in [-0.05, 0) is 5.56 Å². The normalized spacial score (nSPS) is 13.0. The highest BCUT2D eigenvalue weighted by Gasteiger charge is 2.28. The van der Waals surface area contributed by atoms with Gasteiger partial charge in [-0.25, -0.2) is 18.8 Å². The Labute approximate surface area is 119 Å². The number of alkyl halides is 1. The number of alkyl carbamates (subject to hydrolysis) is 1. The number of aliphatic carboxylic acids is 2. The molecule has 1 rings (SSSR count). The molecule has 0 aliphatic heterocycles. The number of ether oxygens (including phenoxy) is 1. The molecule has 1 aromatic rings. The molecule has 114 valence electrons. The molecule has 0 unspecified atom stereocenters. The Balaban J connectivity index is 2.49. The number of carboxylic acids is 2. The molecule has 0 saturated carbocycles. The zero-order chi connectivity index (χ0) is 15.8. The van der Waals surface area contributed by atoms with Crippen molar-refractivity contribution in [3.63, 3.8) is 0 Å². The minimum Gasteiger partial charge on any atom is -0.480 e. The van der Waals surface area contributed by atoms with Gasteiger partial charge in [0.2, 0.25) is 0 Å². The largest absolute Gasteiger partial charge is 0.480 e. The number of hydrogen-bond donors (Lipinski definition) is 3. The number of benzene rings is 1. The van der Waals surface area contributed by atoms with Crippen molar-refractivity contribution >= 4 is 18.0 Å². The van der Waals surface area contributed by atoms with Crippen molar-refractivity contribution in [1.29, 1.82) is 0 Å². The molecule has 2 atom stereocenters. The van der Waals surface area contributed by atoms with Crippen LogP contribution in [0, 0.1) is 0 Å². The maximum atomic E-state index is 13.0. The molecular formula is C13H14FNO6. The van der Waals surface area contributed by atoms with Crippen molar-refractivity contribution in [1.82, 2.24) is 5.32 Å². The van der Waals surface area contributed by atoms with Crippen LogP contribution in [0.5, 0.6) is 0 Å². The summed E-state index contributed by atoms with van der Waals surface area (Å²) < 4.78 is 17.7. The van der Waals surface area contributed by atoms with Crippen LogP contribution in [0.4, 0.5) is 9.18 Å². The Morgan fingerprint density at radius 3 is 2.29 bits per heavy atom. The van der Waals surface area contributed by atoms with Gasteiger partial charge in [0.25, 0.3) is 0 Å². The van der Waals surface area contributed by atoms with Crippen molar-refractivity contribution in [3.05, 3.63) is 35.9 Å². The van der Waals surface area contributed by atoms with E-state index >= 15 is 0 Å². The minimum atomic E-state index is -2.39. The van der Waals surface area contributed by atoms with Gasteiger partial charge < -0.3 is 20.3 Å². The molecule has 3 N–H and O–H groups in total. The quantitative estimate of drug-likeness (QED) is 0.696. The van der Waals surface area contributed by atoms with E-state index in [1.54, 1.807) is 30.3 Å². The maximum Gasteiger partial charge on any atom is 0.408 e. The average molecular weight is 299 g/mol. The molecule has 0 heterocycles. The van der Waals surface area contributed by atoms with E-state index in [9.17, 15) is 18.8 Å². The standard InChI is InChI=1S/C13H14FNO6/c14-9(11(16)17)6-10(12(18)19)15-13(20)21-7-8-4-2-1-3-5-8/h1-5,9-10H,6-7H2,(H,15,20)(H,16,17)(H,18,19)/t9-,10+/m1/s1. The molecule has 0 saturated heterocycles. The molecule has 8 heteroatoms. The van der Waals surface area contributed by atoms with Crippen molar-refractivity contribution in [2.75, 3.05) is 0 Å². The van der Waals surface area contributed by atoms with E-state index in [1.165, 1.54) is 0 Å². The maximum absolute atomic E-state index is 13.0. The van der Waals surface area contributed by atoms with Crippen LogP contribution in [0.2, 0.25) is 0 Å². The molecule has 1 amide bonds. The Hall–Kier alpha value is -2.64. The lowest BCUT2D eigenvalue weighted by Crippen LogP contribution is -2.43. The predicted molar refractivity (Wildman–Crippen MR) is 68.3 cm³/mol. The number of rotatable bonds is 7. The monoisotopic (exact) mass is 299 g/mol. The summed E-state index contributed by atoms with van der Waals surface area (Å²) in [6.07, 6.45) is -4.34. The Kier molecular flexibility index (Phi) is 6.12. The molecule has 0 aliphatic rings. The zero-order valence-electron chi connectivity index (χ0n) is 10.9. The fraction of sp³-hybridized carbons (Fsp3) is 0.308. The highest BCUT2D eigenvalue weighted by Crippen LogP contribution is 2.05. The smallest absolute Gasteiger partial charge is 0.408 e. The van der Waals surface area contributed by atoms with Gasteiger partial charge in [-0.1, -0.05) is 30.3 Å². The molecule has 0 aromatic heterocycles. The van der Waals surface area contributed by atoms with Gasteiger partial charge >= 0.3 is 18.0 Å². The summed E-state index contributed by atoms with van der Waals surface area (Å²) in [4.78, 5) is 32.6. The van der Waals surface area contributed by atoms with Gasteiger partial charge in [0, 0.05) is 6.42 Å². The van der Waals surface area contributed by atoms with Gasteiger partial charge in [-0.3, -0.25) is 0 Å². The van der Waals surface area contributed by atoms with Crippen LogP contribution in [0.3, 0.4) is 0 Å². The van der Waals surface area contributed by atoms with Crippen molar-refractivity contribution < 1.29 is 33.7 Å². The highest BCUT2D eigenvalue weighted by molar-refractivity contribution is 5.81. The molecule has 7 nitrogen and oxygen atoms in total. The average Bonchev–Trinajstić information content (AvgIpc) is 2.45. The van der Waals surface area contributed by atoms with Crippen molar-refractivity contribution in [3.8, 4) is 0 Å². The first kappa shape index (κ1) is 16.4. The van der Waals surface area contributed by atoms with E-state index in [0.717, 1.165) is 0 Å². The summed E-state index contributed by atoms with van der Waals surface area (Å²) in [5, 5.41) is 19.1. The van der Waals surface area contributed by atoms with Gasteiger partial charge in [-0.2, -0.15) is 0 Å². The summed E-state index contributed by atoms with van der Waals surface area (Å²) in [5.41, 5.74) is 0.688. The number of carboxylic acid groups (broad SMARTS) is 2. The number of amides is 1. The lowest BCUT2D eigenvalue weighted by molar-refractivity contribution is -0.145. The first-order chi connectivity index (χ1) is 9.90. The molecular weight excluding hydrogens is 285 g/mol. The summed E-state index contributed by atoms with van der Waals surface area (Å²) >= 11 is 0. The summed E-state index contributed by atoms with van der Waals surface area (Å²) in [6.45, 7) is -0.0863. The van der Waals surface area contributed by atoms with Crippen molar-refractivity contribution in [2.24, 2.45) is 0 Å². The van der Waals surface area contributed by atoms with Crippen LogP contribution >= 0.6 is 0 Å². The van der Waals surface area contributed by atoms with E-state index in [-0.39, 0.29) is 6.61 Å². The van der Waals surface area contributed by atoms with E-state index in [1.807, 2.05) is 5.32 Å². The van der Waals surface area contributed by atoms with Crippen LogP contribution in [-0.4, -0.2) is 40.5 Å². The van der Waals surface area contributed by atoms with E-state index < -0.39 is 36.7 Å². The molecule has 0 aliphatic carbocycles. The minimum absolute atomic E-state index is 0.0863. The molecule has 0 spiro atoms. The van der Waals surface area contributed by atoms with Crippen molar-refractivity contribution in [2.45, 2.75) is 25.2 Å². The molecule has 0 fully saturated rings. The van der Waals surface area contributed by atoms with Gasteiger partial charge in [0.05, 0.1) is 0 Å². The van der Waals surface area contributed by atoms with E-state index in [4.69, 9.17) is 14.9 Å². The predicted octanol–water partition coefficient (Wildman–Crippen LogP) is 1.18. The third-order valence-corrected chi connectivity index (χ3v) is 2.51. The topological polar surface area (TPSA) is 113 Å². The molecule has 0 bridgehead atoms. The molecule has 1 aromatic carbocycles. The van der Waals surface area contributed by atoms with Crippen LogP contribution in [0.1, 0.15) is 12.0 Å². The van der Waals surface area contributed by atoms with Crippen LogP contribution < -0.4 is 5.32 Å². The Morgan fingerprint density at radius 2 is 1.76 bits per heavy atom. The third kappa shape index (κ3) is 5.89. The SMILES string of the molecule is O=C(N[C@@H](C[C@@H](F)C(=O)O)C(=O)O)OCc1ccccc1.